The lowest BCUT2D eigenvalue weighted by molar-refractivity contribution is -0.210. The van der Waals surface area contributed by atoms with Crippen LogP contribution in [0, 0.1) is 31.3 Å². The minimum Gasteiger partial charge on any atom is -0.394 e. The molecule has 15 heteroatoms. The number of fused-ring (bicyclic) bond motifs is 1. The van der Waals surface area contributed by atoms with Crippen molar-refractivity contribution in [2.45, 2.75) is 44.3 Å². The number of aryl methyl sites for hydroxylation is 2. The van der Waals surface area contributed by atoms with Crippen molar-refractivity contribution in [2.24, 2.45) is 0 Å². The van der Waals surface area contributed by atoms with Crippen LogP contribution in [0.4, 0.5) is 13.2 Å². The molecule has 6 rings (SSSR count). The highest BCUT2D eigenvalue weighted by molar-refractivity contribution is 7.18. The first-order valence-corrected chi connectivity index (χ1v) is 13.6. The van der Waals surface area contributed by atoms with E-state index < -0.39 is 54.5 Å². The fraction of sp³-hybridized carbons (Fsp3) is 0.308. The molecule has 1 fully saturated rings. The predicted molar refractivity (Wildman–Crippen MR) is 142 cm³/mol. The average molecular weight is 607 g/mol. The SMILES string of the molecule is Cc1nc([C@@H]2OC(CO)[C@H](O)C(n3cc(-c4cc(F)c(F)c(F)c4)cn3)[C@@H]2O)n(-c2cc(Cl)c3nc(C)sc3c2)n1. The molecule has 1 aliphatic heterocycles. The maximum absolute atomic E-state index is 13.8. The maximum Gasteiger partial charge on any atom is 0.194 e. The van der Waals surface area contributed by atoms with Crippen LogP contribution in [0.15, 0.2) is 36.7 Å². The van der Waals surface area contributed by atoms with Gasteiger partial charge in [-0.2, -0.15) is 10.2 Å². The monoisotopic (exact) mass is 606 g/mol. The number of rotatable bonds is 5. The van der Waals surface area contributed by atoms with Gasteiger partial charge in [0.2, 0.25) is 0 Å². The van der Waals surface area contributed by atoms with E-state index in [-0.39, 0.29) is 17.0 Å². The third-order valence-electron chi connectivity index (χ3n) is 6.89. The number of nitrogens with zero attached hydrogens (tertiary/aromatic N) is 6. The van der Waals surface area contributed by atoms with Gasteiger partial charge in [0, 0.05) is 11.8 Å². The molecule has 0 bridgehead atoms. The fourth-order valence-electron chi connectivity index (χ4n) is 5.01. The molecule has 0 amide bonds. The zero-order valence-electron chi connectivity index (χ0n) is 21.4. The topological polar surface area (TPSA) is 131 Å². The molecule has 2 unspecified atom stereocenters. The number of thiazole rings is 1. The second-order valence-corrected chi connectivity index (χ2v) is 11.3. The molecule has 214 valence electrons. The van der Waals surface area contributed by atoms with Crippen LogP contribution < -0.4 is 0 Å². The van der Waals surface area contributed by atoms with Gasteiger partial charge in [0.05, 0.1) is 33.2 Å². The lowest BCUT2D eigenvalue weighted by atomic mass is 9.92. The quantitative estimate of drug-likeness (QED) is 0.257. The van der Waals surface area contributed by atoms with Crippen molar-refractivity contribution in [1.82, 2.24) is 29.5 Å². The van der Waals surface area contributed by atoms with E-state index in [0.29, 0.717) is 22.1 Å². The predicted octanol–water partition coefficient (Wildman–Crippen LogP) is 3.82. The van der Waals surface area contributed by atoms with Crippen molar-refractivity contribution >= 4 is 33.2 Å². The van der Waals surface area contributed by atoms with Gasteiger partial charge in [0.1, 0.15) is 41.8 Å². The molecule has 3 N–H and O–H groups in total. The molecular weight excluding hydrogens is 585 g/mol. The molecule has 1 aliphatic rings. The Labute approximate surface area is 239 Å². The number of aliphatic hydroxyl groups excluding tert-OH is 3. The zero-order chi connectivity index (χ0) is 29.2. The Balaban J connectivity index is 1.40. The number of aromatic nitrogens is 6. The van der Waals surface area contributed by atoms with Gasteiger partial charge in [0.15, 0.2) is 23.3 Å². The summed E-state index contributed by atoms with van der Waals surface area (Å²) in [6.07, 6.45) is -2.69. The van der Waals surface area contributed by atoms with Gasteiger partial charge in [-0.15, -0.1) is 11.3 Å². The normalized spacial score (nSPS) is 23.0. The number of aliphatic hydroxyl groups is 3. The minimum absolute atomic E-state index is 0.000102. The van der Waals surface area contributed by atoms with Crippen LogP contribution in [-0.2, 0) is 4.74 Å². The molecule has 1 saturated heterocycles. The number of halogens is 4. The Morgan fingerprint density at radius 1 is 1.02 bits per heavy atom. The van der Waals surface area contributed by atoms with Crippen molar-refractivity contribution in [1.29, 1.82) is 0 Å². The standard InChI is InChI=1S/C26H22ClF3N6O4S/c1-10-32-26(36(34-10)14-5-15(27)21-19(6-14)41-11(2)33-21)25-24(39)22(23(38)18(9-37)40-25)35-8-13(7-31-35)12-3-16(28)20(30)17(29)4-12/h3-8,18,22-25,37-39H,9H2,1-2H3/t18?,22?,23-,24-,25+/m0/s1. The smallest absolute Gasteiger partial charge is 0.194 e. The van der Waals surface area contributed by atoms with E-state index in [0.717, 1.165) is 21.8 Å². The first-order valence-electron chi connectivity index (χ1n) is 12.4. The summed E-state index contributed by atoms with van der Waals surface area (Å²) in [7, 11) is 0. The van der Waals surface area contributed by atoms with Crippen molar-refractivity contribution in [3.63, 3.8) is 0 Å². The summed E-state index contributed by atoms with van der Waals surface area (Å²) in [6.45, 7) is 2.92. The van der Waals surface area contributed by atoms with Crippen molar-refractivity contribution in [2.75, 3.05) is 6.61 Å². The number of hydrogen-bond donors (Lipinski definition) is 3. The van der Waals surface area contributed by atoms with E-state index in [1.54, 1.807) is 13.0 Å². The molecule has 2 aromatic carbocycles. The highest BCUT2D eigenvalue weighted by Gasteiger charge is 2.48. The molecular formula is C26H22ClF3N6O4S. The Kier molecular flexibility index (Phi) is 7.08. The van der Waals surface area contributed by atoms with Crippen LogP contribution in [0.2, 0.25) is 5.02 Å². The van der Waals surface area contributed by atoms with Gasteiger partial charge in [-0.05, 0) is 43.7 Å². The van der Waals surface area contributed by atoms with E-state index in [1.165, 1.54) is 33.1 Å². The highest BCUT2D eigenvalue weighted by Crippen LogP contribution is 2.39. The summed E-state index contributed by atoms with van der Waals surface area (Å²) in [4.78, 5) is 8.92. The third kappa shape index (κ3) is 4.79. The minimum atomic E-state index is -1.60. The molecule has 5 aromatic rings. The fourth-order valence-corrected chi connectivity index (χ4v) is 6.21. The Morgan fingerprint density at radius 2 is 1.76 bits per heavy atom. The second kappa shape index (κ2) is 10.5. The van der Waals surface area contributed by atoms with Crippen molar-refractivity contribution in [3.8, 4) is 16.8 Å². The van der Waals surface area contributed by atoms with Crippen LogP contribution in [0.5, 0.6) is 0 Å². The number of hydrogen-bond acceptors (Lipinski definition) is 9. The van der Waals surface area contributed by atoms with E-state index >= 15 is 0 Å². The molecule has 3 aromatic heterocycles. The second-order valence-electron chi connectivity index (χ2n) is 9.65. The van der Waals surface area contributed by atoms with Crippen molar-refractivity contribution in [3.05, 3.63) is 75.8 Å². The van der Waals surface area contributed by atoms with Gasteiger partial charge in [-0.1, -0.05) is 11.6 Å². The van der Waals surface area contributed by atoms with Crippen LogP contribution in [0.1, 0.15) is 28.8 Å². The summed E-state index contributed by atoms with van der Waals surface area (Å²) >= 11 is 7.95. The van der Waals surface area contributed by atoms with Gasteiger partial charge >= 0.3 is 0 Å². The van der Waals surface area contributed by atoms with Gasteiger partial charge in [-0.25, -0.2) is 27.8 Å². The average Bonchev–Trinajstić information content (AvgIpc) is 3.65. The summed E-state index contributed by atoms with van der Waals surface area (Å²) in [5.74, 6) is -3.81. The van der Waals surface area contributed by atoms with E-state index in [2.05, 4.69) is 20.2 Å². The summed E-state index contributed by atoms with van der Waals surface area (Å²) in [6, 6.07) is 3.93. The molecule has 5 atom stereocenters. The van der Waals surface area contributed by atoms with E-state index in [1.807, 2.05) is 13.0 Å². The molecule has 0 saturated carbocycles. The van der Waals surface area contributed by atoms with Crippen LogP contribution in [-0.4, -0.2) is 69.8 Å². The molecule has 0 aliphatic carbocycles. The van der Waals surface area contributed by atoms with Crippen LogP contribution >= 0.6 is 22.9 Å². The molecule has 41 heavy (non-hydrogen) atoms. The summed E-state index contributed by atoms with van der Waals surface area (Å²) in [5.41, 5.74) is 1.37. The Bertz CT molecular complexity index is 1750. The summed E-state index contributed by atoms with van der Waals surface area (Å²) < 4.78 is 50.6. The van der Waals surface area contributed by atoms with Crippen LogP contribution in [0.25, 0.3) is 27.0 Å². The summed E-state index contributed by atoms with van der Waals surface area (Å²) in [5, 5.41) is 42.4. The largest absolute Gasteiger partial charge is 0.394 e. The number of ether oxygens (including phenoxy) is 1. The Morgan fingerprint density at radius 3 is 2.46 bits per heavy atom. The molecule has 10 nitrogen and oxygen atoms in total. The first kappa shape index (κ1) is 27.8. The van der Waals surface area contributed by atoms with Gasteiger partial charge in [-0.3, -0.25) is 4.68 Å². The molecule has 0 radical (unpaired) electrons. The highest BCUT2D eigenvalue weighted by atomic mass is 35.5. The van der Waals surface area contributed by atoms with Crippen LogP contribution in [0.3, 0.4) is 0 Å². The lowest BCUT2D eigenvalue weighted by Gasteiger charge is -2.41. The van der Waals surface area contributed by atoms with Gasteiger partial charge in [0.25, 0.3) is 0 Å². The third-order valence-corrected chi connectivity index (χ3v) is 8.10. The van der Waals surface area contributed by atoms with E-state index in [4.69, 9.17) is 16.3 Å². The molecule has 0 spiro atoms. The maximum atomic E-state index is 13.8. The van der Waals surface area contributed by atoms with Crippen molar-refractivity contribution < 1.29 is 33.2 Å². The van der Waals surface area contributed by atoms with Gasteiger partial charge < -0.3 is 20.1 Å². The van der Waals surface area contributed by atoms with E-state index in [9.17, 15) is 28.5 Å². The lowest BCUT2D eigenvalue weighted by Crippen LogP contribution is -2.53. The zero-order valence-corrected chi connectivity index (χ0v) is 23.0. The Hall–Kier alpha value is -3.40. The molecule has 4 heterocycles. The first-order chi connectivity index (χ1) is 19.5. The number of benzene rings is 2.